The first-order chi connectivity index (χ1) is 10.0. The van der Waals surface area contributed by atoms with E-state index in [9.17, 15) is 14.5 Å². The lowest BCUT2D eigenvalue weighted by atomic mass is 10.2. The van der Waals surface area contributed by atoms with E-state index in [1.54, 1.807) is 18.2 Å². The molecule has 4 nitrogen and oxygen atoms in total. The van der Waals surface area contributed by atoms with Crippen molar-refractivity contribution in [3.05, 3.63) is 68.5 Å². The van der Waals surface area contributed by atoms with Crippen molar-refractivity contribution in [2.75, 3.05) is 0 Å². The van der Waals surface area contributed by atoms with Crippen LogP contribution in [-0.4, -0.2) is 4.92 Å². The zero-order valence-electron chi connectivity index (χ0n) is 10.7. The van der Waals surface area contributed by atoms with Crippen LogP contribution in [0.25, 0.3) is 0 Å². The van der Waals surface area contributed by atoms with Crippen LogP contribution in [-0.2, 0) is 12.5 Å². The molecule has 0 spiro atoms. The van der Waals surface area contributed by atoms with Gasteiger partial charge in [0.05, 0.1) is 10.8 Å². The molecular formula is C14H10Cl2FNO3. The average Bonchev–Trinajstić information content (AvgIpc) is 2.46. The lowest BCUT2D eigenvalue weighted by Gasteiger charge is -2.11. The lowest BCUT2D eigenvalue weighted by Crippen LogP contribution is -2.03. The first-order valence-corrected chi connectivity index (χ1v) is 6.83. The van der Waals surface area contributed by atoms with Gasteiger partial charge in [0.1, 0.15) is 12.4 Å². The van der Waals surface area contributed by atoms with Crippen LogP contribution >= 0.6 is 23.2 Å². The first kappa shape index (κ1) is 15.5. The molecule has 0 radical (unpaired) electrons. The van der Waals surface area contributed by atoms with Gasteiger partial charge in [-0.3, -0.25) is 10.1 Å². The van der Waals surface area contributed by atoms with Crippen molar-refractivity contribution in [3.63, 3.8) is 0 Å². The fourth-order valence-electron chi connectivity index (χ4n) is 1.78. The third kappa shape index (κ3) is 3.43. The number of benzene rings is 2. The quantitative estimate of drug-likeness (QED) is 0.453. The minimum atomic E-state index is -0.906. The van der Waals surface area contributed by atoms with Gasteiger partial charge in [-0.05, 0) is 12.1 Å². The van der Waals surface area contributed by atoms with Gasteiger partial charge >= 0.3 is 5.69 Å². The number of nitrogens with zero attached hydrogens (tertiary/aromatic N) is 1. The van der Waals surface area contributed by atoms with E-state index in [4.69, 9.17) is 27.9 Å². The van der Waals surface area contributed by atoms with Gasteiger partial charge in [-0.1, -0.05) is 29.8 Å². The molecule has 0 saturated heterocycles. The van der Waals surface area contributed by atoms with E-state index in [-0.39, 0.29) is 18.1 Å². The van der Waals surface area contributed by atoms with Gasteiger partial charge in [-0.25, -0.2) is 0 Å². The monoisotopic (exact) mass is 329 g/mol. The van der Waals surface area contributed by atoms with Crippen molar-refractivity contribution in [3.8, 4) is 5.75 Å². The van der Waals surface area contributed by atoms with Crippen molar-refractivity contribution < 1.29 is 14.1 Å². The molecule has 110 valence electrons. The molecule has 2 rings (SSSR count). The molecule has 0 aliphatic heterocycles. The van der Waals surface area contributed by atoms with Crippen LogP contribution in [0.5, 0.6) is 5.75 Å². The summed E-state index contributed by atoms with van der Waals surface area (Å²) in [6.07, 6.45) is 0. The van der Waals surface area contributed by atoms with Gasteiger partial charge in [-0.2, -0.15) is 4.39 Å². The number of ether oxygens (including phenoxy) is 1. The highest BCUT2D eigenvalue weighted by Crippen LogP contribution is 2.29. The normalized spacial score (nSPS) is 10.4. The number of nitro benzene ring substituents is 1. The van der Waals surface area contributed by atoms with Crippen LogP contribution in [0.3, 0.4) is 0 Å². The van der Waals surface area contributed by atoms with Crippen LogP contribution < -0.4 is 4.74 Å². The second kappa shape index (κ2) is 6.74. The van der Waals surface area contributed by atoms with Crippen molar-refractivity contribution in [2.45, 2.75) is 12.5 Å². The first-order valence-electron chi connectivity index (χ1n) is 5.92. The van der Waals surface area contributed by atoms with E-state index in [0.29, 0.717) is 16.3 Å². The third-order valence-corrected chi connectivity index (χ3v) is 3.47. The molecule has 21 heavy (non-hydrogen) atoms. The van der Waals surface area contributed by atoms with Crippen molar-refractivity contribution in [1.29, 1.82) is 0 Å². The molecule has 0 aliphatic carbocycles. The molecule has 2 aromatic carbocycles. The maximum absolute atomic E-state index is 13.9. The Balaban J connectivity index is 2.23. The molecule has 0 atom stereocenters. The molecule has 0 fully saturated rings. The second-order valence-corrected chi connectivity index (χ2v) is 4.82. The predicted molar refractivity (Wildman–Crippen MR) is 78.4 cm³/mol. The zero-order chi connectivity index (χ0) is 15.4. The highest BCUT2D eigenvalue weighted by atomic mass is 35.5. The Morgan fingerprint density at radius 2 is 1.95 bits per heavy atom. The van der Waals surface area contributed by atoms with Gasteiger partial charge in [0.15, 0.2) is 0 Å². The number of hydrogen-bond acceptors (Lipinski definition) is 3. The molecule has 7 heteroatoms. The Kier molecular flexibility index (Phi) is 4.98. The topological polar surface area (TPSA) is 52.4 Å². The molecule has 0 N–H and O–H groups in total. The summed E-state index contributed by atoms with van der Waals surface area (Å²) < 4.78 is 19.4. The highest BCUT2D eigenvalue weighted by molar-refractivity contribution is 6.32. The van der Waals surface area contributed by atoms with Gasteiger partial charge < -0.3 is 4.74 Å². The van der Waals surface area contributed by atoms with Gasteiger partial charge in [0, 0.05) is 22.2 Å². The van der Waals surface area contributed by atoms with Crippen LogP contribution in [0, 0.1) is 15.9 Å². The van der Waals surface area contributed by atoms with E-state index in [0.717, 1.165) is 6.07 Å². The lowest BCUT2D eigenvalue weighted by molar-refractivity contribution is -0.387. The Hall–Kier alpha value is -1.85. The summed E-state index contributed by atoms with van der Waals surface area (Å²) in [4.78, 5) is 9.91. The molecule has 0 aromatic heterocycles. The maximum atomic E-state index is 13.9. The van der Waals surface area contributed by atoms with E-state index in [2.05, 4.69) is 0 Å². The summed E-state index contributed by atoms with van der Waals surface area (Å²) in [5.41, 5.74) is 0.0936. The fraction of sp³-hybridized carbons (Fsp3) is 0.143. The van der Waals surface area contributed by atoms with Crippen LogP contribution in [0.15, 0.2) is 36.4 Å². The Morgan fingerprint density at radius 3 is 2.62 bits per heavy atom. The third-order valence-electron chi connectivity index (χ3n) is 2.85. The Morgan fingerprint density at radius 1 is 1.24 bits per heavy atom. The van der Waals surface area contributed by atoms with Gasteiger partial charge in [0.2, 0.25) is 5.82 Å². The number of halogens is 3. The van der Waals surface area contributed by atoms with E-state index < -0.39 is 16.4 Å². The summed E-state index contributed by atoms with van der Waals surface area (Å²) >= 11 is 11.8. The molecule has 0 amide bonds. The molecule has 0 saturated carbocycles. The number of alkyl halides is 1. The minimum absolute atomic E-state index is 0.0877. The van der Waals surface area contributed by atoms with Crippen LogP contribution in [0.1, 0.15) is 11.1 Å². The van der Waals surface area contributed by atoms with Crippen molar-refractivity contribution in [2.24, 2.45) is 0 Å². The second-order valence-electron chi connectivity index (χ2n) is 4.15. The van der Waals surface area contributed by atoms with Gasteiger partial charge in [0.25, 0.3) is 0 Å². The predicted octanol–water partition coefficient (Wildman–Crippen LogP) is 4.71. The fourth-order valence-corrected chi connectivity index (χ4v) is 2.35. The van der Waals surface area contributed by atoms with E-state index >= 15 is 0 Å². The van der Waals surface area contributed by atoms with Crippen molar-refractivity contribution >= 4 is 28.9 Å². The number of nitro groups is 1. The summed E-state index contributed by atoms with van der Waals surface area (Å²) in [5.74, 6) is -0.341. The molecule has 0 aliphatic rings. The molecule has 0 heterocycles. The average molecular weight is 330 g/mol. The standard InChI is InChI=1S/C14H10Cl2FNO3/c15-7-10-11(16)4-2-6-13(10)21-8-9-3-1-5-12(14(9)17)18(19)20/h1-6H,7-8H2. The maximum Gasteiger partial charge on any atom is 0.305 e. The smallest absolute Gasteiger partial charge is 0.305 e. The Labute approximate surface area is 130 Å². The largest absolute Gasteiger partial charge is 0.488 e. The van der Waals surface area contributed by atoms with Crippen LogP contribution in [0.2, 0.25) is 5.02 Å². The number of rotatable bonds is 5. The molecule has 0 bridgehead atoms. The highest BCUT2D eigenvalue weighted by Gasteiger charge is 2.18. The van der Waals surface area contributed by atoms with Crippen molar-refractivity contribution in [1.82, 2.24) is 0 Å². The van der Waals surface area contributed by atoms with E-state index in [1.807, 2.05) is 0 Å². The summed E-state index contributed by atoms with van der Waals surface area (Å²) in [6, 6.07) is 8.92. The van der Waals surface area contributed by atoms with Gasteiger partial charge in [-0.15, -0.1) is 11.6 Å². The van der Waals surface area contributed by atoms with Crippen LogP contribution in [0.4, 0.5) is 10.1 Å². The molecule has 2 aromatic rings. The minimum Gasteiger partial charge on any atom is -0.488 e. The van der Waals surface area contributed by atoms with E-state index in [1.165, 1.54) is 12.1 Å². The molecular weight excluding hydrogens is 320 g/mol. The summed E-state index contributed by atoms with van der Waals surface area (Å²) in [7, 11) is 0. The summed E-state index contributed by atoms with van der Waals surface area (Å²) in [5, 5.41) is 11.1. The summed E-state index contributed by atoms with van der Waals surface area (Å²) in [6.45, 7) is -0.155. The Bertz CT molecular complexity index is 679. The SMILES string of the molecule is O=[N+]([O-])c1cccc(COc2cccc(Cl)c2CCl)c1F. The zero-order valence-corrected chi connectivity index (χ0v) is 12.2. The molecule has 0 unspecified atom stereocenters. The number of hydrogen-bond donors (Lipinski definition) is 0.